The summed E-state index contributed by atoms with van der Waals surface area (Å²) in [6.45, 7) is 4.08. The quantitative estimate of drug-likeness (QED) is 0.676. The van der Waals surface area contributed by atoms with Crippen molar-refractivity contribution in [3.8, 4) is 0 Å². The summed E-state index contributed by atoms with van der Waals surface area (Å²) >= 11 is 0. The van der Waals surface area contributed by atoms with Crippen LogP contribution in [0.2, 0.25) is 0 Å². The first-order valence-corrected chi connectivity index (χ1v) is 6.97. The molecule has 2 N–H and O–H groups in total. The van der Waals surface area contributed by atoms with E-state index in [2.05, 4.69) is 44.1 Å². The second-order valence-electron chi connectivity index (χ2n) is 4.97. The van der Waals surface area contributed by atoms with Crippen LogP contribution in [-0.2, 0) is 6.54 Å². The number of hydrogen-bond acceptors (Lipinski definition) is 3. The van der Waals surface area contributed by atoms with Gasteiger partial charge in [-0.2, -0.15) is 5.10 Å². The Labute approximate surface area is 118 Å². The van der Waals surface area contributed by atoms with Crippen LogP contribution >= 0.6 is 0 Å². The molecule has 20 heavy (non-hydrogen) atoms. The SMILES string of the molecule is CC(NCCCn1cnc2ccccc21)c1ccn[nH]1. The third-order valence-electron chi connectivity index (χ3n) is 3.54. The number of para-hydroxylation sites is 2. The number of rotatable bonds is 6. The van der Waals surface area contributed by atoms with Crippen LogP contribution in [0.25, 0.3) is 11.0 Å². The fourth-order valence-corrected chi connectivity index (χ4v) is 2.37. The Morgan fingerprint density at radius 2 is 2.20 bits per heavy atom. The topological polar surface area (TPSA) is 58.5 Å². The molecule has 3 aromatic rings. The van der Waals surface area contributed by atoms with Gasteiger partial charge in [-0.15, -0.1) is 0 Å². The van der Waals surface area contributed by atoms with E-state index in [4.69, 9.17) is 0 Å². The van der Waals surface area contributed by atoms with Gasteiger partial charge in [0.05, 0.1) is 23.1 Å². The number of aryl methyl sites for hydroxylation is 1. The van der Waals surface area contributed by atoms with E-state index in [-0.39, 0.29) is 0 Å². The molecule has 0 saturated carbocycles. The summed E-state index contributed by atoms with van der Waals surface area (Å²) in [5, 5.41) is 10.4. The van der Waals surface area contributed by atoms with Crippen molar-refractivity contribution in [2.24, 2.45) is 0 Å². The Balaban J connectivity index is 1.50. The third-order valence-corrected chi connectivity index (χ3v) is 3.54. The third kappa shape index (κ3) is 2.72. The van der Waals surface area contributed by atoms with Crippen molar-refractivity contribution < 1.29 is 0 Å². The fraction of sp³-hybridized carbons (Fsp3) is 0.333. The number of H-pyrrole nitrogens is 1. The van der Waals surface area contributed by atoms with E-state index in [1.807, 2.05) is 24.5 Å². The molecule has 0 radical (unpaired) electrons. The highest BCUT2D eigenvalue weighted by atomic mass is 15.1. The monoisotopic (exact) mass is 269 g/mol. The van der Waals surface area contributed by atoms with E-state index in [1.54, 1.807) is 6.20 Å². The van der Waals surface area contributed by atoms with Gasteiger partial charge in [0.2, 0.25) is 0 Å². The lowest BCUT2D eigenvalue weighted by Gasteiger charge is -2.12. The van der Waals surface area contributed by atoms with E-state index < -0.39 is 0 Å². The molecule has 3 rings (SSSR count). The van der Waals surface area contributed by atoms with Gasteiger partial charge in [0.25, 0.3) is 0 Å². The van der Waals surface area contributed by atoms with Gasteiger partial charge in [-0.3, -0.25) is 5.10 Å². The first-order chi connectivity index (χ1) is 9.84. The minimum Gasteiger partial charge on any atom is -0.331 e. The Bertz CT molecular complexity index is 656. The number of hydrogen-bond donors (Lipinski definition) is 2. The summed E-state index contributed by atoms with van der Waals surface area (Å²) in [4.78, 5) is 4.40. The lowest BCUT2D eigenvalue weighted by Crippen LogP contribution is -2.21. The molecule has 0 amide bonds. The van der Waals surface area contributed by atoms with E-state index >= 15 is 0 Å². The number of nitrogens with zero attached hydrogens (tertiary/aromatic N) is 3. The van der Waals surface area contributed by atoms with E-state index in [0.717, 1.165) is 30.7 Å². The predicted octanol–water partition coefficient (Wildman–Crippen LogP) is 2.50. The molecule has 0 fully saturated rings. The van der Waals surface area contributed by atoms with Crippen molar-refractivity contribution >= 4 is 11.0 Å². The lowest BCUT2D eigenvalue weighted by atomic mass is 10.2. The number of fused-ring (bicyclic) bond motifs is 1. The largest absolute Gasteiger partial charge is 0.331 e. The molecule has 5 heteroatoms. The van der Waals surface area contributed by atoms with Crippen molar-refractivity contribution in [1.29, 1.82) is 0 Å². The Morgan fingerprint density at radius 3 is 3.05 bits per heavy atom. The molecule has 0 saturated heterocycles. The van der Waals surface area contributed by atoms with Gasteiger partial charge in [-0.25, -0.2) is 4.98 Å². The zero-order chi connectivity index (χ0) is 13.8. The molecule has 2 heterocycles. The van der Waals surface area contributed by atoms with Crippen molar-refractivity contribution in [3.05, 3.63) is 48.5 Å². The van der Waals surface area contributed by atoms with E-state index in [0.29, 0.717) is 6.04 Å². The number of aromatic amines is 1. The molecular weight excluding hydrogens is 250 g/mol. The zero-order valence-corrected chi connectivity index (χ0v) is 11.6. The normalized spacial score (nSPS) is 12.8. The highest BCUT2D eigenvalue weighted by molar-refractivity contribution is 5.74. The number of benzene rings is 1. The van der Waals surface area contributed by atoms with Crippen molar-refractivity contribution in [2.45, 2.75) is 25.9 Å². The van der Waals surface area contributed by atoms with Crippen molar-refractivity contribution in [1.82, 2.24) is 25.1 Å². The number of imidazole rings is 1. The van der Waals surface area contributed by atoms with Crippen LogP contribution < -0.4 is 5.32 Å². The Kier molecular flexibility index (Phi) is 3.78. The molecule has 0 aliphatic rings. The number of aromatic nitrogens is 4. The van der Waals surface area contributed by atoms with Crippen molar-refractivity contribution in [3.63, 3.8) is 0 Å². The molecule has 1 aromatic carbocycles. The summed E-state index contributed by atoms with van der Waals surface area (Å²) in [5.41, 5.74) is 3.39. The van der Waals surface area contributed by atoms with Gasteiger partial charge >= 0.3 is 0 Å². The fourth-order valence-electron chi connectivity index (χ4n) is 2.37. The summed E-state index contributed by atoms with van der Waals surface area (Å²) in [7, 11) is 0. The average Bonchev–Trinajstić information content (AvgIpc) is 3.13. The van der Waals surface area contributed by atoms with Crippen LogP contribution in [0.5, 0.6) is 0 Å². The maximum absolute atomic E-state index is 4.40. The molecule has 0 aliphatic heterocycles. The summed E-state index contributed by atoms with van der Waals surface area (Å²) in [5.74, 6) is 0. The molecular formula is C15H19N5. The molecule has 104 valence electrons. The van der Waals surface area contributed by atoms with Gasteiger partial charge in [0.15, 0.2) is 0 Å². The van der Waals surface area contributed by atoms with E-state index in [9.17, 15) is 0 Å². The molecule has 0 spiro atoms. The maximum Gasteiger partial charge on any atom is 0.0958 e. The minimum atomic E-state index is 0.303. The summed E-state index contributed by atoms with van der Waals surface area (Å²) < 4.78 is 2.21. The average molecular weight is 269 g/mol. The first kappa shape index (κ1) is 12.9. The lowest BCUT2D eigenvalue weighted by molar-refractivity contribution is 0.522. The zero-order valence-electron chi connectivity index (χ0n) is 11.6. The highest BCUT2D eigenvalue weighted by Crippen LogP contribution is 2.12. The van der Waals surface area contributed by atoms with Gasteiger partial charge in [-0.1, -0.05) is 12.1 Å². The first-order valence-electron chi connectivity index (χ1n) is 6.97. The van der Waals surface area contributed by atoms with Gasteiger partial charge in [0, 0.05) is 18.8 Å². The summed E-state index contributed by atoms with van der Waals surface area (Å²) in [6.07, 6.45) is 4.77. The summed E-state index contributed by atoms with van der Waals surface area (Å²) in [6, 6.07) is 10.5. The molecule has 1 atom stereocenters. The van der Waals surface area contributed by atoms with Crippen LogP contribution in [0.4, 0.5) is 0 Å². The van der Waals surface area contributed by atoms with Crippen LogP contribution in [0.1, 0.15) is 25.1 Å². The Hall–Kier alpha value is -2.14. The smallest absolute Gasteiger partial charge is 0.0958 e. The van der Waals surface area contributed by atoms with Crippen LogP contribution in [-0.4, -0.2) is 26.3 Å². The van der Waals surface area contributed by atoms with Crippen molar-refractivity contribution in [2.75, 3.05) is 6.54 Å². The molecule has 5 nitrogen and oxygen atoms in total. The maximum atomic E-state index is 4.40. The van der Waals surface area contributed by atoms with E-state index in [1.165, 1.54) is 5.52 Å². The van der Waals surface area contributed by atoms with Crippen LogP contribution in [0.15, 0.2) is 42.9 Å². The van der Waals surface area contributed by atoms with Gasteiger partial charge in [0.1, 0.15) is 0 Å². The van der Waals surface area contributed by atoms with Gasteiger partial charge in [-0.05, 0) is 38.1 Å². The van der Waals surface area contributed by atoms with Crippen LogP contribution in [0.3, 0.4) is 0 Å². The number of nitrogens with one attached hydrogen (secondary N) is 2. The second-order valence-corrected chi connectivity index (χ2v) is 4.97. The standard InChI is InChI=1S/C15H19N5/c1-12(13-7-9-18-19-13)16-8-4-10-20-11-17-14-5-2-3-6-15(14)20/h2-3,5-7,9,11-12,16H,4,8,10H2,1H3,(H,18,19). The second kappa shape index (κ2) is 5.88. The molecule has 2 aromatic heterocycles. The highest BCUT2D eigenvalue weighted by Gasteiger charge is 2.05. The molecule has 1 unspecified atom stereocenters. The Morgan fingerprint density at radius 1 is 1.30 bits per heavy atom. The molecule has 0 aliphatic carbocycles. The minimum absolute atomic E-state index is 0.303. The van der Waals surface area contributed by atoms with Crippen LogP contribution in [0, 0.1) is 0 Å². The van der Waals surface area contributed by atoms with Gasteiger partial charge < -0.3 is 9.88 Å². The molecule has 0 bridgehead atoms. The predicted molar refractivity (Wildman–Crippen MR) is 79.4 cm³/mol.